The number of hydrogen-bond acceptors (Lipinski definition) is 4. The van der Waals surface area contributed by atoms with Crippen LogP contribution in [0.25, 0.3) is 0 Å². The fourth-order valence-corrected chi connectivity index (χ4v) is 1.82. The molecule has 0 N–H and O–H groups in total. The molecule has 1 aliphatic heterocycles. The molecule has 100 valence electrons. The van der Waals surface area contributed by atoms with Crippen molar-refractivity contribution in [2.75, 3.05) is 20.6 Å². The molecule has 0 aromatic heterocycles. The third-order valence-electron chi connectivity index (χ3n) is 2.72. The van der Waals surface area contributed by atoms with Crippen LogP contribution < -0.4 is 0 Å². The molecule has 1 heterocycles. The van der Waals surface area contributed by atoms with Gasteiger partial charge in [-0.2, -0.15) is 0 Å². The minimum Gasteiger partial charge on any atom is -0.360 e. The summed E-state index contributed by atoms with van der Waals surface area (Å²) in [6.07, 6.45) is 2.59. The lowest BCUT2D eigenvalue weighted by Gasteiger charge is -2.17. The summed E-state index contributed by atoms with van der Waals surface area (Å²) in [7, 11) is 3.89. The van der Waals surface area contributed by atoms with Gasteiger partial charge in [-0.3, -0.25) is 9.79 Å². The zero-order valence-corrected chi connectivity index (χ0v) is 11.2. The molecule has 1 atom stereocenters. The van der Waals surface area contributed by atoms with E-state index >= 15 is 0 Å². The third kappa shape index (κ3) is 4.12. The molecule has 1 aromatic rings. The van der Waals surface area contributed by atoms with Gasteiger partial charge in [0.25, 0.3) is 0 Å². The van der Waals surface area contributed by atoms with Gasteiger partial charge >= 0.3 is 0 Å². The second-order valence-electron chi connectivity index (χ2n) is 4.77. The van der Waals surface area contributed by atoms with Crippen molar-refractivity contribution in [2.45, 2.75) is 12.7 Å². The lowest BCUT2D eigenvalue weighted by molar-refractivity contribution is -0.122. The summed E-state index contributed by atoms with van der Waals surface area (Å²) in [6, 6.07) is 9.79. The molecule has 0 bridgehead atoms. The van der Waals surface area contributed by atoms with Crippen molar-refractivity contribution < 1.29 is 9.53 Å². The number of aliphatic imine (C=N–C) groups is 1. The average molecular weight is 258 g/mol. The first-order valence-corrected chi connectivity index (χ1v) is 6.24. The topological polar surface area (TPSA) is 41.9 Å². The van der Waals surface area contributed by atoms with E-state index in [1.54, 1.807) is 12.3 Å². The number of hydrogen-bond donors (Lipinski definition) is 0. The summed E-state index contributed by atoms with van der Waals surface area (Å²) in [5.74, 6) is -0.0391. The van der Waals surface area contributed by atoms with Crippen molar-refractivity contribution in [3.05, 3.63) is 47.7 Å². The van der Waals surface area contributed by atoms with Gasteiger partial charge in [0.2, 0.25) is 0 Å². The molecule has 4 heteroatoms. The molecule has 4 nitrogen and oxygen atoms in total. The van der Waals surface area contributed by atoms with Crippen molar-refractivity contribution in [3.63, 3.8) is 0 Å². The monoisotopic (exact) mass is 258 g/mol. The number of nitrogens with zero attached hydrogens (tertiary/aromatic N) is 2. The highest BCUT2D eigenvalue weighted by Gasteiger charge is 2.19. The van der Waals surface area contributed by atoms with Crippen LogP contribution in [0, 0.1) is 0 Å². The molecule has 1 aromatic carbocycles. The largest absolute Gasteiger partial charge is 0.360 e. The first kappa shape index (κ1) is 13.6. The minimum atomic E-state index is -0.564. The van der Waals surface area contributed by atoms with E-state index in [0.717, 1.165) is 11.3 Å². The Labute approximate surface area is 113 Å². The zero-order chi connectivity index (χ0) is 13.7. The number of carbonyl (C=O) groups is 1. The first-order valence-electron chi connectivity index (χ1n) is 6.24. The summed E-state index contributed by atoms with van der Waals surface area (Å²) in [5.41, 5.74) is 1.82. The van der Waals surface area contributed by atoms with Crippen molar-refractivity contribution >= 4 is 12.0 Å². The number of rotatable bonds is 5. The van der Waals surface area contributed by atoms with Gasteiger partial charge in [-0.15, -0.1) is 0 Å². The lowest BCUT2D eigenvalue weighted by Crippen LogP contribution is -2.28. The van der Waals surface area contributed by atoms with E-state index in [1.807, 2.05) is 49.3 Å². The number of ether oxygens (including phenoxy) is 1. The number of likely N-dealkylation sites (N-methyl/N-ethyl adjacent to an activating group) is 1. The van der Waals surface area contributed by atoms with E-state index in [2.05, 4.69) is 4.99 Å². The summed E-state index contributed by atoms with van der Waals surface area (Å²) in [6.45, 7) is 1.08. The molecule has 0 saturated carbocycles. The normalized spacial score (nSPS) is 18.8. The molecule has 1 aliphatic rings. The van der Waals surface area contributed by atoms with Crippen LogP contribution in [0.2, 0.25) is 0 Å². The van der Waals surface area contributed by atoms with Gasteiger partial charge in [0.05, 0.1) is 12.3 Å². The molecule has 0 saturated heterocycles. The quantitative estimate of drug-likeness (QED) is 0.806. The second kappa shape index (κ2) is 6.41. The van der Waals surface area contributed by atoms with Crippen molar-refractivity contribution in [1.82, 2.24) is 4.90 Å². The van der Waals surface area contributed by atoms with Gasteiger partial charge in [-0.25, -0.2) is 0 Å². The van der Waals surface area contributed by atoms with Crippen molar-refractivity contribution in [2.24, 2.45) is 4.99 Å². The van der Waals surface area contributed by atoms with Crippen LogP contribution in [0.15, 0.2) is 47.1 Å². The molecule has 0 fully saturated rings. The average Bonchev–Trinajstić information content (AvgIpc) is 2.38. The van der Waals surface area contributed by atoms with Crippen LogP contribution in [0.3, 0.4) is 0 Å². The third-order valence-corrected chi connectivity index (χ3v) is 2.72. The molecule has 0 aliphatic carbocycles. The Kier molecular flexibility index (Phi) is 4.60. The van der Waals surface area contributed by atoms with E-state index in [9.17, 15) is 4.79 Å². The Morgan fingerprint density at radius 3 is 2.63 bits per heavy atom. The van der Waals surface area contributed by atoms with E-state index in [-0.39, 0.29) is 5.78 Å². The Bertz CT molecular complexity index is 492. The van der Waals surface area contributed by atoms with Gasteiger partial charge in [-0.1, -0.05) is 30.3 Å². The molecule has 0 amide bonds. The highest BCUT2D eigenvalue weighted by Crippen LogP contribution is 2.10. The van der Waals surface area contributed by atoms with Gasteiger partial charge in [0.1, 0.15) is 0 Å². The number of carbonyl (C=O) groups excluding carboxylic acids is 1. The number of ketones is 1. The maximum Gasteiger partial charge on any atom is 0.191 e. The first-order chi connectivity index (χ1) is 9.15. The van der Waals surface area contributed by atoms with E-state index in [0.29, 0.717) is 13.2 Å². The Hall–Kier alpha value is -1.78. The predicted octanol–water partition coefficient (Wildman–Crippen LogP) is 1.67. The lowest BCUT2D eigenvalue weighted by atomic mass is 10.1. The highest BCUT2D eigenvalue weighted by atomic mass is 16.5. The van der Waals surface area contributed by atoms with Gasteiger partial charge in [0, 0.05) is 18.8 Å². The van der Waals surface area contributed by atoms with Crippen LogP contribution in [-0.2, 0) is 16.1 Å². The Balaban J connectivity index is 1.89. The fourth-order valence-electron chi connectivity index (χ4n) is 1.82. The maximum atomic E-state index is 11.9. The molecule has 2 rings (SSSR count). The van der Waals surface area contributed by atoms with Crippen LogP contribution in [0.5, 0.6) is 0 Å². The molecule has 19 heavy (non-hydrogen) atoms. The van der Waals surface area contributed by atoms with Crippen LogP contribution >= 0.6 is 0 Å². The highest BCUT2D eigenvalue weighted by molar-refractivity contribution is 6.07. The summed E-state index contributed by atoms with van der Waals surface area (Å²) in [4.78, 5) is 18.1. The van der Waals surface area contributed by atoms with Gasteiger partial charge in [0.15, 0.2) is 11.9 Å². The minimum absolute atomic E-state index is 0.0391. The maximum absolute atomic E-state index is 11.9. The summed E-state index contributed by atoms with van der Waals surface area (Å²) < 4.78 is 5.58. The fraction of sp³-hybridized carbons (Fsp3) is 0.333. The van der Waals surface area contributed by atoms with E-state index < -0.39 is 6.10 Å². The predicted molar refractivity (Wildman–Crippen MR) is 75.2 cm³/mol. The summed E-state index contributed by atoms with van der Waals surface area (Å²) >= 11 is 0. The molecular weight excluding hydrogens is 240 g/mol. The number of benzene rings is 1. The van der Waals surface area contributed by atoms with Crippen LogP contribution in [-0.4, -0.2) is 43.6 Å². The Morgan fingerprint density at radius 2 is 2.00 bits per heavy atom. The Morgan fingerprint density at radius 1 is 1.26 bits per heavy atom. The van der Waals surface area contributed by atoms with Gasteiger partial charge in [-0.05, 0) is 19.7 Å². The standard InChI is InChI=1S/C15H18N2O2/c1-17(2)10-13-8-14(18)15(9-16-13)19-11-12-6-4-3-5-7-12/h3-9,15H,10-11H2,1-2H3. The van der Waals surface area contributed by atoms with Gasteiger partial charge < -0.3 is 9.64 Å². The summed E-state index contributed by atoms with van der Waals surface area (Å²) in [5, 5.41) is 0. The molecular formula is C15H18N2O2. The van der Waals surface area contributed by atoms with E-state index in [1.165, 1.54) is 0 Å². The van der Waals surface area contributed by atoms with Crippen LogP contribution in [0.1, 0.15) is 5.56 Å². The van der Waals surface area contributed by atoms with Crippen molar-refractivity contribution in [3.8, 4) is 0 Å². The van der Waals surface area contributed by atoms with E-state index in [4.69, 9.17) is 4.74 Å². The second-order valence-corrected chi connectivity index (χ2v) is 4.77. The van der Waals surface area contributed by atoms with Crippen LogP contribution in [0.4, 0.5) is 0 Å². The molecule has 1 unspecified atom stereocenters. The molecule has 0 spiro atoms. The zero-order valence-electron chi connectivity index (χ0n) is 11.2. The molecule has 0 radical (unpaired) electrons. The smallest absolute Gasteiger partial charge is 0.191 e. The van der Waals surface area contributed by atoms with Crippen molar-refractivity contribution in [1.29, 1.82) is 0 Å². The SMILES string of the molecule is CN(C)CC1=CC(=O)C(OCc2ccccc2)C=N1.